The monoisotopic (exact) mass is 347 g/mol. The predicted molar refractivity (Wildman–Crippen MR) is 91.9 cm³/mol. The number of carbonyl (C=O) groups excluding carboxylic acids is 2. The third kappa shape index (κ3) is 3.44. The van der Waals surface area contributed by atoms with E-state index in [2.05, 4.69) is 24.0 Å². The third-order valence-corrected chi connectivity index (χ3v) is 5.00. The van der Waals surface area contributed by atoms with E-state index in [-0.39, 0.29) is 36.3 Å². The Kier molecular flexibility index (Phi) is 4.89. The molecule has 0 aliphatic carbocycles. The fraction of sp³-hybridized carbons (Fsp3) is 0.647. The maximum atomic E-state index is 12.8. The smallest absolute Gasteiger partial charge is 0.270 e. The summed E-state index contributed by atoms with van der Waals surface area (Å²) in [5.74, 6) is -0.177. The number of hydrazone groups is 1. The van der Waals surface area contributed by atoms with Gasteiger partial charge in [0.15, 0.2) is 0 Å². The number of aromatic nitrogens is 2. The van der Waals surface area contributed by atoms with Gasteiger partial charge in [0.2, 0.25) is 5.91 Å². The van der Waals surface area contributed by atoms with E-state index >= 15 is 0 Å². The summed E-state index contributed by atoms with van der Waals surface area (Å²) in [6.45, 7) is 5.16. The molecule has 0 unspecified atom stereocenters. The first-order valence-corrected chi connectivity index (χ1v) is 8.69. The Hall–Kier alpha value is -2.22. The highest BCUT2D eigenvalue weighted by molar-refractivity contribution is 6.39. The van der Waals surface area contributed by atoms with Gasteiger partial charge in [0, 0.05) is 63.7 Å². The van der Waals surface area contributed by atoms with Crippen LogP contribution in [0.3, 0.4) is 0 Å². The molecule has 0 saturated carbocycles. The molecule has 8 nitrogen and oxygen atoms in total. The van der Waals surface area contributed by atoms with Gasteiger partial charge in [-0.2, -0.15) is 10.2 Å². The number of aliphatic hydroxyl groups is 1. The molecule has 1 saturated heterocycles. The number of nitrogens with zero attached hydrogens (tertiary/aromatic N) is 5. The van der Waals surface area contributed by atoms with E-state index in [0.717, 1.165) is 5.56 Å². The molecule has 2 aliphatic rings. The lowest BCUT2D eigenvalue weighted by Gasteiger charge is -2.22. The molecular formula is C17H25N5O3. The first-order chi connectivity index (χ1) is 11.9. The molecule has 136 valence electrons. The minimum Gasteiger partial charge on any atom is -0.396 e. The zero-order valence-electron chi connectivity index (χ0n) is 14.9. The van der Waals surface area contributed by atoms with Crippen molar-refractivity contribution in [2.24, 2.45) is 11.0 Å². The van der Waals surface area contributed by atoms with Gasteiger partial charge in [0.25, 0.3) is 5.91 Å². The minimum absolute atomic E-state index is 0.0164. The summed E-state index contributed by atoms with van der Waals surface area (Å²) in [6.07, 6.45) is 4.50. The molecule has 2 aliphatic heterocycles. The molecule has 1 aromatic heterocycles. The van der Waals surface area contributed by atoms with Crippen molar-refractivity contribution < 1.29 is 14.7 Å². The Morgan fingerprint density at radius 1 is 1.36 bits per heavy atom. The topological polar surface area (TPSA) is 91.0 Å². The Balaban J connectivity index is 1.75. The Morgan fingerprint density at radius 3 is 2.72 bits per heavy atom. The van der Waals surface area contributed by atoms with Crippen LogP contribution in [0.1, 0.15) is 44.2 Å². The third-order valence-electron chi connectivity index (χ3n) is 5.00. The lowest BCUT2D eigenvalue weighted by Crippen LogP contribution is -2.39. The zero-order chi connectivity index (χ0) is 18.1. The molecule has 2 atom stereocenters. The van der Waals surface area contributed by atoms with Gasteiger partial charge in [-0.05, 0) is 19.4 Å². The number of aliphatic hydroxyl groups excluding tert-OH is 1. The summed E-state index contributed by atoms with van der Waals surface area (Å²) < 4.78 is 1.89. The molecule has 3 rings (SSSR count). The number of hydrogen-bond acceptors (Lipinski definition) is 5. The molecule has 2 amide bonds. The number of rotatable bonds is 4. The summed E-state index contributed by atoms with van der Waals surface area (Å²) >= 11 is 0. The Bertz CT molecular complexity index is 696. The van der Waals surface area contributed by atoms with E-state index in [0.29, 0.717) is 31.6 Å². The summed E-state index contributed by atoms with van der Waals surface area (Å²) in [7, 11) is 1.57. The number of carbonyl (C=O) groups is 2. The molecule has 25 heavy (non-hydrogen) atoms. The Labute approximate surface area is 147 Å². The molecular weight excluding hydrogens is 322 g/mol. The molecule has 1 fully saturated rings. The second-order valence-electron chi connectivity index (χ2n) is 7.07. The molecule has 8 heteroatoms. The van der Waals surface area contributed by atoms with Gasteiger partial charge in [-0.15, -0.1) is 0 Å². The Morgan fingerprint density at radius 2 is 2.12 bits per heavy atom. The summed E-state index contributed by atoms with van der Waals surface area (Å²) in [5, 5.41) is 19.5. The lowest BCUT2D eigenvalue weighted by molar-refractivity contribution is -0.130. The largest absolute Gasteiger partial charge is 0.396 e. The van der Waals surface area contributed by atoms with E-state index in [1.807, 2.05) is 17.1 Å². The van der Waals surface area contributed by atoms with Crippen LogP contribution in [0.15, 0.2) is 17.5 Å². The van der Waals surface area contributed by atoms with Crippen molar-refractivity contribution in [1.82, 2.24) is 19.7 Å². The highest BCUT2D eigenvalue weighted by Gasteiger charge is 2.38. The average Bonchev–Trinajstić information content (AvgIpc) is 3.22. The SMILES string of the molecule is CC(C)n1cc([C@@H]2CN(C(=O)C3=NN(C)C(=O)CC3)C[C@H]2CO)cn1. The van der Waals surface area contributed by atoms with Crippen LogP contribution < -0.4 is 0 Å². The second kappa shape index (κ2) is 6.95. The van der Waals surface area contributed by atoms with Crippen LogP contribution in [-0.4, -0.2) is 69.1 Å². The molecule has 0 aromatic carbocycles. The van der Waals surface area contributed by atoms with Crippen molar-refractivity contribution in [2.45, 2.75) is 38.6 Å². The molecule has 0 bridgehead atoms. The molecule has 1 aromatic rings. The van der Waals surface area contributed by atoms with Gasteiger partial charge in [-0.25, -0.2) is 5.01 Å². The normalized spacial score (nSPS) is 24.2. The van der Waals surface area contributed by atoms with E-state index in [9.17, 15) is 14.7 Å². The quantitative estimate of drug-likeness (QED) is 0.864. The van der Waals surface area contributed by atoms with Crippen LogP contribution >= 0.6 is 0 Å². The second-order valence-corrected chi connectivity index (χ2v) is 7.07. The van der Waals surface area contributed by atoms with Gasteiger partial charge in [0.1, 0.15) is 5.71 Å². The summed E-state index contributed by atoms with van der Waals surface area (Å²) in [5.41, 5.74) is 1.46. The molecule has 0 spiro atoms. The summed E-state index contributed by atoms with van der Waals surface area (Å²) in [6, 6.07) is 0.269. The fourth-order valence-electron chi connectivity index (χ4n) is 3.43. The molecule has 0 radical (unpaired) electrons. The van der Waals surface area contributed by atoms with Gasteiger partial charge in [0.05, 0.1) is 6.20 Å². The van der Waals surface area contributed by atoms with Gasteiger partial charge < -0.3 is 10.0 Å². The number of likely N-dealkylation sites (tertiary alicyclic amines) is 1. The van der Waals surface area contributed by atoms with Crippen LogP contribution in [0.4, 0.5) is 0 Å². The first-order valence-electron chi connectivity index (χ1n) is 8.69. The van der Waals surface area contributed by atoms with Crippen molar-refractivity contribution in [3.8, 4) is 0 Å². The van der Waals surface area contributed by atoms with Gasteiger partial charge >= 0.3 is 0 Å². The highest BCUT2D eigenvalue weighted by atomic mass is 16.3. The maximum absolute atomic E-state index is 12.8. The van der Waals surface area contributed by atoms with Crippen molar-refractivity contribution in [1.29, 1.82) is 0 Å². The van der Waals surface area contributed by atoms with Crippen molar-refractivity contribution in [2.75, 3.05) is 26.7 Å². The van der Waals surface area contributed by atoms with Crippen LogP contribution in [-0.2, 0) is 9.59 Å². The van der Waals surface area contributed by atoms with Crippen LogP contribution in [0.25, 0.3) is 0 Å². The van der Waals surface area contributed by atoms with Crippen molar-refractivity contribution >= 4 is 17.5 Å². The van der Waals surface area contributed by atoms with Gasteiger partial charge in [-0.3, -0.25) is 14.3 Å². The number of amides is 2. The summed E-state index contributed by atoms with van der Waals surface area (Å²) in [4.78, 5) is 26.0. The van der Waals surface area contributed by atoms with Crippen LogP contribution in [0, 0.1) is 5.92 Å². The molecule has 1 N–H and O–H groups in total. The number of hydrogen-bond donors (Lipinski definition) is 1. The average molecular weight is 347 g/mol. The standard InChI is InChI=1S/C17H25N5O3/c1-11(2)22-8-12(6-18-22)14-9-21(7-13(14)10-23)17(25)15-4-5-16(24)20(3)19-15/h6,8,11,13-14,23H,4-5,7,9-10H2,1-3H3/t13-,14-/m0/s1. The maximum Gasteiger partial charge on any atom is 0.270 e. The van der Waals surface area contributed by atoms with Gasteiger partial charge in [-0.1, -0.05) is 0 Å². The predicted octanol–water partition coefficient (Wildman–Crippen LogP) is 0.607. The van der Waals surface area contributed by atoms with Crippen molar-refractivity contribution in [3.05, 3.63) is 18.0 Å². The van der Waals surface area contributed by atoms with E-state index < -0.39 is 0 Å². The highest BCUT2D eigenvalue weighted by Crippen LogP contribution is 2.33. The van der Waals surface area contributed by atoms with Crippen LogP contribution in [0.5, 0.6) is 0 Å². The fourth-order valence-corrected chi connectivity index (χ4v) is 3.43. The van der Waals surface area contributed by atoms with Crippen LogP contribution in [0.2, 0.25) is 0 Å². The van der Waals surface area contributed by atoms with E-state index in [4.69, 9.17) is 0 Å². The molecule has 3 heterocycles. The zero-order valence-corrected chi connectivity index (χ0v) is 14.9. The minimum atomic E-state index is -0.142. The first kappa shape index (κ1) is 17.6. The lowest BCUT2D eigenvalue weighted by atomic mass is 9.92. The van der Waals surface area contributed by atoms with E-state index in [1.54, 1.807) is 11.9 Å². The van der Waals surface area contributed by atoms with E-state index in [1.165, 1.54) is 5.01 Å². The van der Waals surface area contributed by atoms with Crippen molar-refractivity contribution in [3.63, 3.8) is 0 Å².